The van der Waals surface area contributed by atoms with Gasteiger partial charge in [0.1, 0.15) is 19.3 Å². The van der Waals surface area contributed by atoms with Gasteiger partial charge in [-0.3, -0.25) is 4.79 Å². The van der Waals surface area contributed by atoms with Crippen molar-refractivity contribution in [2.24, 2.45) is 0 Å². The number of quaternary nitrogens is 1. The Morgan fingerprint density at radius 1 is 0.600 bits per heavy atom. The van der Waals surface area contributed by atoms with Gasteiger partial charge in [-0.15, -0.1) is 0 Å². The molecule has 0 amide bonds. The molecule has 0 aromatic carbocycles. The smallest absolute Gasteiger partial charge is 0.361 e. The lowest BCUT2D eigenvalue weighted by molar-refractivity contribution is -0.870. The summed E-state index contributed by atoms with van der Waals surface area (Å²) in [4.78, 5) is 23.2. The van der Waals surface area contributed by atoms with E-state index in [0.717, 1.165) is 83.5 Å². The molecular formula is C42H68NO7+. The largest absolute Gasteiger partial charge is 0.477 e. The number of hydrogen-bond donors (Lipinski definition) is 2. The molecule has 2 unspecified atom stereocenters. The minimum Gasteiger partial charge on any atom is -0.477 e. The second kappa shape index (κ2) is 34.2. The Morgan fingerprint density at radius 2 is 1.04 bits per heavy atom. The highest BCUT2D eigenvalue weighted by molar-refractivity contribution is 5.70. The molecule has 0 bridgehead atoms. The van der Waals surface area contributed by atoms with Gasteiger partial charge in [0.15, 0.2) is 0 Å². The van der Waals surface area contributed by atoms with Gasteiger partial charge in [0.05, 0.1) is 34.4 Å². The summed E-state index contributed by atoms with van der Waals surface area (Å²) in [6.07, 6.45) is 45.8. The van der Waals surface area contributed by atoms with Gasteiger partial charge >= 0.3 is 11.9 Å². The molecule has 2 N–H and O–H groups in total. The number of esters is 1. The van der Waals surface area contributed by atoms with Crippen LogP contribution in [0.5, 0.6) is 0 Å². The fourth-order valence-electron chi connectivity index (χ4n) is 4.20. The summed E-state index contributed by atoms with van der Waals surface area (Å²) in [6.45, 7) is 2.41. The quantitative estimate of drug-likeness (QED) is 0.0238. The second-order valence-corrected chi connectivity index (χ2v) is 13.0. The van der Waals surface area contributed by atoms with Gasteiger partial charge in [-0.05, 0) is 70.6 Å². The summed E-state index contributed by atoms with van der Waals surface area (Å²) in [7, 11) is 5.89. The summed E-state index contributed by atoms with van der Waals surface area (Å²) >= 11 is 0. The summed E-state index contributed by atoms with van der Waals surface area (Å²) in [6, 6.07) is 0. The van der Waals surface area contributed by atoms with E-state index in [1.165, 1.54) is 0 Å². The van der Waals surface area contributed by atoms with Crippen molar-refractivity contribution < 1.29 is 38.5 Å². The average molecular weight is 699 g/mol. The molecule has 50 heavy (non-hydrogen) atoms. The number of aliphatic hydroxyl groups excluding tert-OH is 1. The lowest BCUT2D eigenvalue weighted by Crippen LogP contribution is -2.40. The number of allylic oxidation sites excluding steroid dienone is 16. The van der Waals surface area contributed by atoms with Gasteiger partial charge in [0, 0.05) is 6.42 Å². The molecule has 8 heteroatoms. The summed E-state index contributed by atoms with van der Waals surface area (Å²) < 4.78 is 16.1. The van der Waals surface area contributed by atoms with Crippen LogP contribution in [-0.4, -0.2) is 86.5 Å². The number of aliphatic hydroxyl groups is 1. The third kappa shape index (κ3) is 36.0. The predicted molar refractivity (Wildman–Crippen MR) is 207 cm³/mol. The molecule has 0 aromatic rings. The van der Waals surface area contributed by atoms with Crippen molar-refractivity contribution in [3.63, 3.8) is 0 Å². The van der Waals surface area contributed by atoms with E-state index in [-0.39, 0.29) is 32.2 Å². The van der Waals surface area contributed by atoms with Crippen molar-refractivity contribution in [3.05, 3.63) is 97.2 Å². The van der Waals surface area contributed by atoms with E-state index in [2.05, 4.69) is 104 Å². The first-order valence-corrected chi connectivity index (χ1v) is 18.5. The third-order valence-electron chi connectivity index (χ3n) is 7.09. The number of carbonyl (C=O) groups is 2. The molecule has 0 fully saturated rings. The van der Waals surface area contributed by atoms with Crippen LogP contribution in [0.25, 0.3) is 0 Å². The Kier molecular flexibility index (Phi) is 31.9. The molecule has 282 valence electrons. The van der Waals surface area contributed by atoms with Gasteiger partial charge < -0.3 is 28.9 Å². The molecular weight excluding hydrogens is 630 g/mol. The SMILES string of the molecule is CC/C=C\C/C=C\C/C=C\C/C=C\C/C=C\C/C=C\C/C=C\C/C=C\CCCCCCC(=O)OCC(O)COC(OCC[N+](C)(C)C)C(=O)O. The predicted octanol–water partition coefficient (Wildman–Crippen LogP) is 8.97. The van der Waals surface area contributed by atoms with Crippen molar-refractivity contribution in [2.75, 3.05) is 47.5 Å². The Balaban J connectivity index is 3.71. The van der Waals surface area contributed by atoms with E-state index in [4.69, 9.17) is 14.2 Å². The van der Waals surface area contributed by atoms with Crippen LogP contribution in [0.1, 0.15) is 96.8 Å². The molecule has 8 nitrogen and oxygen atoms in total. The average Bonchev–Trinajstić information content (AvgIpc) is 3.07. The van der Waals surface area contributed by atoms with Crippen molar-refractivity contribution >= 4 is 11.9 Å². The van der Waals surface area contributed by atoms with E-state index in [9.17, 15) is 19.8 Å². The first-order valence-electron chi connectivity index (χ1n) is 18.5. The van der Waals surface area contributed by atoms with Crippen molar-refractivity contribution in [3.8, 4) is 0 Å². The van der Waals surface area contributed by atoms with E-state index >= 15 is 0 Å². The molecule has 0 rings (SSSR count). The zero-order chi connectivity index (χ0) is 37.0. The van der Waals surface area contributed by atoms with Crippen molar-refractivity contribution in [2.45, 2.75) is 109 Å². The summed E-state index contributed by atoms with van der Waals surface area (Å²) in [5.74, 6) is -1.65. The Labute approximate surface area is 303 Å². The normalized spacial score (nSPS) is 14.3. The topological polar surface area (TPSA) is 102 Å². The van der Waals surface area contributed by atoms with E-state index in [1.54, 1.807) is 0 Å². The number of unbranched alkanes of at least 4 members (excludes halogenated alkanes) is 4. The first kappa shape index (κ1) is 46.7. The van der Waals surface area contributed by atoms with Crippen LogP contribution in [0.2, 0.25) is 0 Å². The van der Waals surface area contributed by atoms with Gasteiger partial charge in [0.2, 0.25) is 0 Å². The number of nitrogens with zero attached hydrogens (tertiary/aromatic N) is 1. The lowest BCUT2D eigenvalue weighted by atomic mass is 10.1. The molecule has 0 spiro atoms. The number of carboxylic acids is 1. The standard InChI is InChI=1S/C42H67NO7/c1-5-6-7-8-9-10-11-12-13-14-15-16-17-18-19-20-21-22-23-24-25-26-27-28-29-30-31-32-33-34-40(45)49-37-39(44)38-50-42(41(46)47)48-36-35-43(2,3)4/h6-7,9-10,12-13,15-16,18-19,21-22,24-25,27-28,39,42,44H,5,8,11,14,17,20,23,26,29-38H2,1-4H3/p+1/b7-6-,10-9-,13-12-,16-15-,19-18-,22-21-,25-24-,28-27-. The number of rotatable bonds is 32. The summed E-state index contributed by atoms with van der Waals surface area (Å²) in [5, 5.41) is 19.2. The molecule has 2 atom stereocenters. The zero-order valence-electron chi connectivity index (χ0n) is 31.5. The van der Waals surface area contributed by atoms with E-state index in [0.29, 0.717) is 11.0 Å². The van der Waals surface area contributed by atoms with Gasteiger partial charge in [-0.1, -0.05) is 117 Å². The fraction of sp³-hybridized carbons (Fsp3) is 0.571. The Morgan fingerprint density at radius 3 is 1.48 bits per heavy atom. The molecule has 0 aliphatic heterocycles. The highest BCUT2D eigenvalue weighted by Crippen LogP contribution is 2.08. The number of hydrogen-bond acceptors (Lipinski definition) is 6. The van der Waals surface area contributed by atoms with Crippen LogP contribution in [0.15, 0.2) is 97.2 Å². The van der Waals surface area contributed by atoms with Gasteiger partial charge in [-0.2, -0.15) is 0 Å². The number of ether oxygens (including phenoxy) is 3. The molecule has 0 saturated heterocycles. The van der Waals surface area contributed by atoms with Crippen LogP contribution in [0, 0.1) is 0 Å². The Bertz CT molecular complexity index is 1080. The highest BCUT2D eigenvalue weighted by Gasteiger charge is 2.22. The van der Waals surface area contributed by atoms with E-state index in [1.807, 2.05) is 21.1 Å². The third-order valence-corrected chi connectivity index (χ3v) is 7.09. The highest BCUT2D eigenvalue weighted by atomic mass is 16.7. The second-order valence-electron chi connectivity index (χ2n) is 13.0. The monoisotopic (exact) mass is 698 g/mol. The minimum atomic E-state index is -1.47. The van der Waals surface area contributed by atoms with Crippen molar-refractivity contribution in [1.29, 1.82) is 0 Å². The van der Waals surface area contributed by atoms with Crippen LogP contribution in [0.4, 0.5) is 0 Å². The molecule has 0 saturated carbocycles. The number of carbonyl (C=O) groups excluding carboxylic acids is 1. The van der Waals surface area contributed by atoms with Crippen LogP contribution in [-0.2, 0) is 23.8 Å². The number of carboxylic acid groups (broad SMARTS) is 1. The van der Waals surface area contributed by atoms with Crippen LogP contribution >= 0.6 is 0 Å². The fourth-order valence-corrected chi connectivity index (χ4v) is 4.20. The van der Waals surface area contributed by atoms with Crippen molar-refractivity contribution in [1.82, 2.24) is 0 Å². The zero-order valence-corrected chi connectivity index (χ0v) is 31.5. The number of aliphatic carboxylic acids is 1. The maximum Gasteiger partial charge on any atom is 0.361 e. The molecule has 0 aliphatic carbocycles. The maximum atomic E-state index is 12.0. The summed E-state index contributed by atoms with van der Waals surface area (Å²) in [5.41, 5.74) is 0. The molecule has 0 radical (unpaired) electrons. The number of likely N-dealkylation sites (N-methyl/N-ethyl adjacent to an activating group) is 1. The minimum absolute atomic E-state index is 0.200. The van der Waals surface area contributed by atoms with Crippen LogP contribution in [0.3, 0.4) is 0 Å². The van der Waals surface area contributed by atoms with E-state index < -0.39 is 18.4 Å². The molecule has 0 aliphatic rings. The van der Waals surface area contributed by atoms with Gasteiger partial charge in [-0.25, -0.2) is 4.79 Å². The Hall–Kier alpha value is -3.30. The molecule has 0 heterocycles. The maximum absolute atomic E-state index is 12.0. The molecule has 0 aromatic heterocycles. The lowest BCUT2D eigenvalue weighted by Gasteiger charge is -2.24. The van der Waals surface area contributed by atoms with Gasteiger partial charge in [0.25, 0.3) is 6.29 Å². The first-order chi connectivity index (χ1) is 24.2. The van der Waals surface area contributed by atoms with Crippen LogP contribution < -0.4 is 0 Å².